The number of nitrogen functional groups attached to an aromatic ring is 1. The Bertz CT molecular complexity index is 676. The zero-order chi connectivity index (χ0) is 13.1. The van der Waals surface area contributed by atoms with Crippen LogP contribution in [0.5, 0.6) is 0 Å². The van der Waals surface area contributed by atoms with Gasteiger partial charge in [-0.3, -0.25) is 0 Å². The van der Waals surface area contributed by atoms with Crippen molar-refractivity contribution in [2.45, 2.75) is 6.54 Å². The molecule has 0 saturated heterocycles. The Hall–Kier alpha value is -2.60. The summed E-state index contributed by atoms with van der Waals surface area (Å²) in [6.45, 7) is 0.685. The molecule has 0 bridgehead atoms. The maximum absolute atomic E-state index is 5.41. The first kappa shape index (κ1) is 11.5. The lowest BCUT2D eigenvalue weighted by Crippen LogP contribution is -2.12. The van der Waals surface area contributed by atoms with Gasteiger partial charge in [-0.1, -0.05) is 30.3 Å². The SMILES string of the molecule is NNc1cn2ccnc2c(NCc2ccccc2)n1. The molecule has 0 spiro atoms. The number of anilines is 2. The molecule has 96 valence electrons. The van der Waals surface area contributed by atoms with Crippen LogP contribution in [-0.2, 0) is 6.54 Å². The topological polar surface area (TPSA) is 80.3 Å². The number of aromatic nitrogens is 3. The van der Waals surface area contributed by atoms with Crippen molar-refractivity contribution in [3.05, 3.63) is 54.5 Å². The van der Waals surface area contributed by atoms with Crippen molar-refractivity contribution < 1.29 is 0 Å². The molecule has 6 nitrogen and oxygen atoms in total. The average molecular weight is 254 g/mol. The molecule has 3 rings (SSSR count). The number of rotatable bonds is 4. The summed E-state index contributed by atoms with van der Waals surface area (Å²) in [5.41, 5.74) is 4.50. The minimum absolute atomic E-state index is 0.584. The molecule has 19 heavy (non-hydrogen) atoms. The third-order valence-corrected chi connectivity index (χ3v) is 2.82. The highest BCUT2D eigenvalue weighted by Gasteiger charge is 2.06. The van der Waals surface area contributed by atoms with E-state index in [1.165, 1.54) is 5.56 Å². The van der Waals surface area contributed by atoms with Gasteiger partial charge in [0.15, 0.2) is 17.3 Å². The molecule has 0 amide bonds. The molecule has 0 radical (unpaired) electrons. The summed E-state index contributed by atoms with van der Waals surface area (Å²) < 4.78 is 1.87. The molecule has 2 heterocycles. The predicted octanol–water partition coefficient (Wildman–Crippen LogP) is 1.63. The highest BCUT2D eigenvalue weighted by atomic mass is 15.3. The summed E-state index contributed by atoms with van der Waals surface area (Å²) in [5.74, 6) is 6.69. The van der Waals surface area contributed by atoms with Gasteiger partial charge in [0.05, 0.1) is 6.20 Å². The third kappa shape index (κ3) is 2.34. The maximum Gasteiger partial charge on any atom is 0.180 e. The Balaban J connectivity index is 1.89. The molecule has 2 aromatic heterocycles. The largest absolute Gasteiger partial charge is 0.363 e. The summed E-state index contributed by atoms with van der Waals surface area (Å²) in [4.78, 5) is 8.65. The van der Waals surface area contributed by atoms with Gasteiger partial charge in [-0.2, -0.15) is 0 Å². The minimum Gasteiger partial charge on any atom is -0.363 e. The Morgan fingerprint density at radius 2 is 2.05 bits per heavy atom. The fourth-order valence-electron chi connectivity index (χ4n) is 1.90. The second-order valence-corrected chi connectivity index (χ2v) is 4.12. The molecule has 0 atom stereocenters. The smallest absolute Gasteiger partial charge is 0.180 e. The Morgan fingerprint density at radius 1 is 1.21 bits per heavy atom. The first-order chi connectivity index (χ1) is 9.36. The van der Waals surface area contributed by atoms with E-state index < -0.39 is 0 Å². The number of imidazole rings is 1. The predicted molar refractivity (Wildman–Crippen MR) is 74.6 cm³/mol. The van der Waals surface area contributed by atoms with Gasteiger partial charge in [-0.05, 0) is 5.56 Å². The van der Waals surface area contributed by atoms with E-state index in [0.717, 1.165) is 5.65 Å². The number of nitrogens with zero attached hydrogens (tertiary/aromatic N) is 3. The molecule has 0 aliphatic heterocycles. The van der Waals surface area contributed by atoms with Gasteiger partial charge in [0, 0.05) is 18.9 Å². The molecule has 3 aromatic rings. The van der Waals surface area contributed by atoms with Crippen LogP contribution in [0.15, 0.2) is 48.9 Å². The number of hydrazine groups is 1. The quantitative estimate of drug-likeness (QED) is 0.487. The number of benzene rings is 1. The van der Waals surface area contributed by atoms with Crippen LogP contribution < -0.4 is 16.6 Å². The molecular formula is C13H14N6. The van der Waals surface area contributed by atoms with E-state index in [9.17, 15) is 0 Å². The van der Waals surface area contributed by atoms with Crippen LogP contribution in [0.4, 0.5) is 11.6 Å². The molecule has 1 aromatic carbocycles. The monoisotopic (exact) mass is 254 g/mol. The van der Waals surface area contributed by atoms with Crippen LogP contribution in [0.3, 0.4) is 0 Å². The summed E-state index contributed by atoms with van der Waals surface area (Å²) in [7, 11) is 0. The number of hydrogen-bond donors (Lipinski definition) is 3. The molecule has 4 N–H and O–H groups in total. The van der Waals surface area contributed by atoms with E-state index in [-0.39, 0.29) is 0 Å². The van der Waals surface area contributed by atoms with Gasteiger partial charge < -0.3 is 15.1 Å². The minimum atomic E-state index is 0.584. The van der Waals surface area contributed by atoms with Crippen molar-refractivity contribution in [1.29, 1.82) is 0 Å². The summed E-state index contributed by atoms with van der Waals surface area (Å²) >= 11 is 0. The number of fused-ring (bicyclic) bond motifs is 1. The average Bonchev–Trinajstić information content (AvgIpc) is 2.94. The third-order valence-electron chi connectivity index (χ3n) is 2.82. The van der Waals surface area contributed by atoms with E-state index in [4.69, 9.17) is 5.84 Å². The second-order valence-electron chi connectivity index (χ2n) is 4.12. The first-order valence-corrected chi connectivity index (χ1v) is 5.95. The van der Waals surface area contributed by atoms with Gasteiger partial charge in [0.1, 0.15) is 0 Å². The molecule has 0 saturated carbocycles. The van der Waals surface area contributed by atoms with E-state index in [0.29, 0.717) is 18.2 Å². The maximum atomic E-state index is 5.41. The number of nitrogens with two attached hydrogens (primary N) is 1. The lowest BCUT2D eigenvalue weighted by molar-refractivity contribution is 1.06. The first-order valence-electron chi connectivity index (χ1n) is 5.95. The number of nitrogens with one attached hydrogen (secondary N) is 2. The van der Waals surface area contributed by atoms with Crippen molar-refractivity contribution in [2.24, 2.45) is 5.84 Å². The van der Waals surface area contributed by atoms with Crippen molar-refractivity contribution >= 4 is 17.3 Å². The Morgan fingerprint density at radius 3 is 2.84 bits per heavy atom. The standard InChI is InChI=1S/C13H14N6/c14-18-11-9-19-7-6-15-13(19)12(17-11)16-8-10-4-2-1-3-5-10/h1-7,9,18H,8,14H2,(H,16,17). The second kappa shape index (κ2) is 4.95. The lowest BCUT2D eigenvalue weighted by Gasteiger charge is -2.09. The van der Waals surface area contributed by atoms with Crippen LogP contribution in [0.25, 0.3) is 5.65 Å². The molecule has 0 fully saturated rings. The van der Waals surface area contributed by atoms with Crippen LogP contribution in [0.2, 0.25) is 0 Å². The molecular weight excluding hydrogens is 240 g/mol. The summed E-state index contributed by atoms with van der Waals surface area (Å²) in [5, 5.41) is 3.27. The van der Waals surface area contributed by atoms with Gasteiger partial charge >= 0.3 is 0 Å². The van der Waals surface area contributed by atoms with Crippen molar-refractivity contribution in [3.8, 4) is 0 Å². The van der Waals surface area contributed by atoms with Gasteiger partial charge in [0.25, 0.3) is 0 Å². The van der Waals surface area contributed by atoms with Gasteiger partial charge in [0.2, 0.25) is 0 Å². The summed E-state index contributed by atoms with van der Waals surface area (Å²) in [6, 6.07) is 10.1. The highest BCUT2D eigenvalue weighted by molar-refractivity contribution is 5.65. The molecule has 0 unspecified atom stereocenters. The van der Waals surface area contributed by atoms with Crippen molar-refractivity contribution in [3.63, 3.8) is 0 Å². The zero-order valence-electron chi connectivity index (χ0n) is 10.2. The fourth-order valence-corrected chi connectivity index (χ4v) is 1.90. The van der Waals surface area contributed by atoms with E-state index in [1.54, 1.807) is 12.4 Å². The molecule has 6 heteroatoms. The lowest BCUT2D eigenvalue weighted by atomic mass is 10.2. The van der Waals surface area contributed by atoms with E-state index in [1.807, 2.05) is 28.8 Å². The van der Waals surface area contributed by atoms with Gasteiger partial charge in [-0.25, -0.2) is 15.8 Å². The highest BCUT2D eigenvalue weighted by Crippen LogP contribution is 2.16. The van der Waals surface area contributed by atoms with Crippen LogP contribution >= 0.6 is 0 Å². The van der Waals surface area contributed by atoms with Crippen molar-refractivity contribution in [2.75, 3.05) is 10.7 Å². The van der Waals surface area contributed by atoms with E-state index >= 15 is 0 Å². The normalized spacial score (nSPS) is 10.6. The van der Waals surface area contributed by atoms with E-state index in [2.05, 4.69) is 32.8 Å². The Labute approximate surface area is 110 Å². The van der Waals surface area contributed by atoms with Gasteiger partial charge in [-0.15, -0.1) is 0 Å². The zero-order valence-corrected chi connectivity index (χ0v) is 10.2. The van der Waals surface area contributed by atoms with Crippen LogP contribution in [-0.4, -0.2) is 14.4 Å². The van der Waals surface area contributed by atoms with Crippen molar-refractivity contribution in [1.82, 2.24) is 14.4 Å². The summed E-state index contributed by atoms with van der Waals surface area (Å²) in [6.07, 6.45) is 5.37. The molecule has 0 aliphatic rings. The number of hydrogen-bond acceptors (Lipinski definition) is 5. The van der Waals surface area contributed by atoms with Crippen LogP contribution in [0.1, 0.15) is 5.56 Å². The molecule has 0 aliphatic carbocycles. The van der Waals surface area contributed by atoms with Crippen LogP contribution in [0, 0.1) is 0 Å². The Kier molecular flexibility index (Phi) is 2.99. The fraction of sp³-hybridized carbons (Fsp3) is 0.0769.